The summed E-state index contributed by atoms with van der Waals surface area (Å²) in [5.41, 5.74) is 25.4. The van der Waals surface area contributed by atoms with E-state index < -0.39 is 0 Å². The summed E-state index contributed by atoms with van der Waals surface area (Å²) in [6.45, 7) is 19.5. The van der Waals surface area contributed by atoms with E-state index in [9.17, 15) is 0 Å². The lowest BCUT2D eigenvalue weighted by Gasteiger charge is -2.35. The van der Waals surface area contributed by atoms with E-state index in [1.54, 1.807) is 14.2 Å². The van der Waals surface area contributed by atoms with Crippen LogP contribution in [-0.2, 0) is 5.41 Å². The lowest BCUT2D eigenvalue weighted by atomic mass is 9.70. The minimum Gasteiger partial charge on any atom is -0.497 e. The third-order valence-corrected chi connectivity index (χ3v) is 23.4. The van der Waals surface area contributed by atoms with E-state index in [4.69, 9.17) is 18.9 Å². The molecule has 0 amide bonds. The molecule has 8 heteroatoms. The van der Waals surface area contributed by atoms with Crippen LogP contribution in [0.15, 0.2) is 279 Å². The second-order valence-corrected chi connectivity index (χ2v) is 31.2. The Bertz CT molecular complexity index is 4590. The van der Waals surface area contributed by atoms with Gasteiger partial charge in [-0.25, -0.2) is 0 Å². The normalized spacial score (nSPS) is 12.5. The molecular weight excluding hydrogens is 1380 g/mol. The molecule has 12 aromatic carbocycles. The molecule has 0 radical (unpaired) electrons. The lowest BCUT2D eigenvalue weighted by molar-refractivity contribution is 0.233. The molecule has 0 fully saturated rings. The molecule has 1 aliphatic rings. The van der Waals surface area contributed by atoms with Crippen LogP contribution in [0.3, 0.4) is 0 Å². The van der Waals surface area contributed by atoms with E-state index in [1.165, 1.54) is 110 Å². The SMILES string of the molecule is CCCCCCC1(CCCCCC)c2cc(N(c3ccc(OCC(CC)CCCC)cc3)c3ccc(-c4ccc(N(c5ccc(C)cc5)c5ccc(OC)cc5)cc4)cc3)ccc2-c2ccc(N(c3ccc(OCC(CC)CCCC)cc3)c3ccc(-c4ccc(N(c5ccc(C)cc5)c5ccc(OC)cc5)cc4)cc3)cc21. The van der Waals surface area contributed by atoms with Crippen LogP contribution in [0.25, 0.3) is 33.4 Å². The van der Waals surface area contributed by atoms with Gasteiger partial charge in [0.25, 0.3) is 0 Å². The molecule has 0 heterocycles. The van der Waals surface area contributed by atoms with Crippen LogP contribution in [0.2, 0.25) is 0 Å². The van der Waals surface area contributed by atoms with E-state index in [0.717, 1.165) is 165 Å². The molecule has 0 bridgehead atoms. The average Bonchev–Trinajstić information content (AvgIpc) is 1.56. The van der Waals surface area contributed by atoms with E-state index in [2.05, 4.69) is 330 Å². The summed E-state index contributed by atoms with van der Waals surface area (Å²) in [7, 11) is 3.43. The fourth-order valence-electron chi connectivity index (χ4n) is 16.6. The van der Waals surface area contributed by atoms with Gasteiger partial charge in [0, 0.05) is 73.7 Å². The highest BCUT2D eigenvalue weighted by molar-refractivity contribution is 5.90. The molecule has 0 saturated carbocycles. The van der Waals surface area contributed by atoms with Crippen LogP contribution in [0.1, 0.15) is 179 Å². The summed E-state index contributed by atoms with van der Waals surface area (Å²) in [6, 6.07) is 103. The number of hydrogen-bond acceptors (Lipinski definition) is 8. The molecule has 2 atom stereocenters. The summed E-state index contributed by atoms with van der Waals surface area (Å²) in [5.74, 6) is 4.53. The van der Waals surface area contributed by atoms with Gasteiger partial charge >= 0.3 is 0 Å². The van der Waals surface area contributed by atoms with Gasteiger partial charge < -0.3 is 38.5 Å². The molecule has 0 spiro atoms. The smallest absolute Gasteiger partial charge is 0.119 e. The van der Waals surface area contributed by atoms with Crippen molar-refractivity contribution in [3.05, 3.63) is 301 Å². The zero-order chi connectivity index (χ0) is 78.5. The van der Waals surface area contributed by atoms with Crippen LogP contribution in [0.4, 0.5) is 68.2 Å². The third-order valence-electron chi connectivity index (χ3n) is 23.4. The van der Waals surface area contributed by atoms with E-state index >= 15 is 0 Å². The fourth-order valence-corrected chi connectivity index (χ4v) is 16.6. The maximum atomic E-state index is 6.63. The number of nitrogens with zero attached hydrogens (tertiary/aromatic N) is 4. The number of ether oxygens (including phenoxy) is 4. The van der Waals surface area contributed by atoms with Crippen molar-refractivity contribution in [1.29, 1.82) is 0 Å². The topological polar surface area (TPSA) is 49.9 Å². The van der Waals surface area contributed by atoms with Crippen LogP contribution in [0.5, 0.6) is 23.0 Å². The highest BCUT2D eigenvalue weighted by Crippen LogP contribution is 2.58. The fraction of sp³-hybridized carbons (Fsp3) is 0.314. The maximum Gasteiger partial charge on any atom is 0.119 e. The van der Waals surface area contributed by atoms with Gasteiger partial charge in [-0.05, 0) is 290 Å². The van der Waals surface area contributed by atoms with E-state index in [1.807, 2.05) is 24.3 Å². The molecule has 0 saturated heterocycles. The summed E-state index contributed by atoms with van der Waals surface area (Å²) < 4.78 is 24.4. The molecule has 2 unspecified atom stereocenters. The molecule has 0 N–H and O–H groups in total. The highest BCUT2D eigenvalue weighted by atomic mass is 16.5. The van der Waals surface area contributed by atoms with Crippen LogP contribution in [-0.4, -0.2) is 27.4 Å². The largest absolute Gasteiger partial charge is 0.497 e. The predicted molar refractivity (Wildman–Crippen MR) is 480 cm³/mol. The highest BCUT2D eigenvalue weighted by Gasteiger charge is 2.43. The van der Waals surface area contributed by atoms with Crippen molar-refractivity contribution in [3.63, 3.8) is 0 Å². The quantitative estimate of drug-likeness (QED) is 0.0352. The first-order valence-corrected chi connectivity index (χ1v) is 42.2. The zero-order valence-electron chi connectivity index (χ0n) is 68.8. The van der Waals surface area contributed by atoms with E-state index in [-0.39, 0.29) is 5.41 Å². The van der Waals surface area contributed by atoms with Crippen LogP contribution >= 0.6 is 0 Å². The zero-order valence-corrected chi connectivity index (χ0v) is 68.8. The standard InChI is InChI=1S/C105H118N4O4/c1-11-17-21-23-71-105(72-24-22-18-12-2)103-73-95(108(93-55-65-99(66-56-93)112-75-79(15-5)25-19-13-3)89-47-35-83(36-48-89)81-31-43-87(44-32-81)106(85-39-27-77(7)28-40-85)91-51-61-97(110-9)62-52-91)59-69-101(103)102-70-60-96(74-104(102)105)109(94-57-67-100(68-58-94)113-76-80(16-6)26-20-14-4)90-49-37-84(38-50-90)82-33-45-88(46-34-82)107(86-41-29-78(8)30-42-86)92-53-63-98(111-10)64-54-92/h27-70,73-74,79-80H,11-26,71-72,75-76H2,1-10H3. The van der Waals surface area contributed by atoms with Crippen molar-refractivity contribution in [1.82, 2.24) is 0 Å². The van der Waals surface area contributed by atoms with Gasteiger partial charge in [-0.3, -0.25) is 0 Å². The van der Waals surface area contributed by atoms with Crippen LogP contribution in [0, 0.1) is 25.7 Å². The van der Waals surface area contributed by atoms with Crippen molar-refractivity contribution < 1.29 is 18.9 Å². The molecule has 1 aliphatic carbocycles. The minimum absolute atomic E-state index is 0.261. The van der Waals surface area contributed by atoms with Crippen molar-refractivity contribution in [2.24, 2.45) is 11.8 Å². The van der Waals surface area contributed by atoms with E-state index in [0.29, 0.717) is 11.8 Å². The number of benzene rings is 12. The Hall–Kier alpha value is -11.0. The molecule has 0 aliphatic heterocycles. The summed E-state index contributed by atoms with van der Waals surface area (Å²) >= 11 is 0. The molecule has 582 valence electrons. The second-order valence-electron chi connectivity index (χ2n) is 31.2. The first-order chi connectivity index (χ1) is 55.4. The number of hydrogen-bond donors (Lipinski definition) is 0. The van der Waals surface area contributed by atoms with Crippen molar-refractivity contribution in [3.8, 4) is 56.4 Å². The first kappa shape index (κ1) is 80.1. The van der Waals surface area contributed by atoms with Gasteiger partial charge in [0.1, 0.15) is 23.0 Å². The van der Waals surface area contributed by atoms with Gasteiger partial charge in [0.15, 0.2) is 0 Å². The Labute approximate surface area is 676 Å². The van der Waals surface area contributed by atoms with Gasteiger partial charge in [0.2, 0.25) is 0 Å². The summed E-state index contributed by atoms with van der Waals surface area (Å²) in [6.07, 6.45) is 21.0. The Kier molecular flexibility index (Phi) is 27.6. The number of methoxy groups -OCH3 is 2. The Morgan fingerprint density at radius 3 is 0.779 bits per heavy atom. The maximum absolute atomic E-state index is 6.63. The summed E-state index contributed by atoms with van der Waals surface area (Å²) in [4.78, 5) is 9.58. The Morgan fingerprint density at radius 2 is 0.513 bits per heavy atom. The van der Waals surface area contributed by atoms with Crippen molar-refractivity contribution in [2.45, 2.75) is 176 Å². The van der Waals surface area contributed by atoms with Gasteiger partial charge in [-0.2, -0.15) is 0 Å². The number of unbranched alkanes of at least 4 members (excludes halogenated alkanes) is 8. The molecule has 13 rings (SSSR count). The monoisotopic (exact) mass is 1500 g/mol. The van der Waals surface area contributed by atoms with Crippen molar-refractivity contribution >= 4 is 68.2 Å². The first-order valence-electron chi connectivity index (χ1n) is 42.2. The molecule has 12 aromatic rings. The third kappa shape index (κ3) is 19.2. The predicted octanol–water partition coefficient (Wildman–Crippen LogP) is 30.9. The number of anilines is 12. The number of fused-ring (bicyclic) bond motifs is 3. The molecular formula is C105H118N4O4. The van der Waals surface area contributed by atoms with Gasteiger partial charge in [0.05, 0.1) is 27.4 Å². The summed E-state index contributed by atoms with van der Waals surface area (Å²) in [5, 5.41) is 0. The van der Waals surface area contributed by atoms with Gasteiger partial charge in [-0.15, -0.1) is 0 Å². The lowest BCUT2D eigenvalue weighted by Crippen LogP contribution is -2.26. The average molecular weight is 1500 g/mol. The minimum atomic E-state index is -0.261. The molecule has 113 heavy (non-hydrogen) atoms. The van der Waals surface area contributed by atoms with Gasteiger partial charge in [-0.1, -0.05) is 227 Å². The van der Waals surface area contributed by atoms with Crippen LogP contribution < -0.4 is 38.5 Å². The Balaban J connectivity index is 0.886. The number of aryl methyl sites for hydroxylation is 2. The Morgan fingerprint density at radius 1 is 0.265 bits per heavy atom. The second kappa shape index (κ2) is 39.0. The molecule has 0 aromatic heterocycles. The van der Waals surface area contributed by atoms with Crippen molar-refractivity contribution in [2.75, 3.05) is 47.0 Å². The molecule has 8 nitrogen and oxygen atoms in total. The number of rotatable bonds is 40.